The van der Waals surface area contributed by atoms with Gasteiger partial charge < -0.3 is 19.9 Å². The molecular weight excluding hydrogens is 258 g/mol. The maximum Gasteiger partial charge on any atom is 0.258 e. The Hall–Kier alpha value is -1.59. The first-order valence-corrected chi connectivity index (χ1v) is 6.68. The van der Waals surface area contributed by atoms with Crippen LogP contribution in [0.2, 0.25) is 0 Å². The maximum absolute atomic E-state index is 11.6. The maximum atomic E-state index is 11.6. The molecule has 1 aromatic carbocycles. The van der Waals surface area contributed by atoms with Gasteiger partial charge >= 0.3 is 0 Å². The quantitative estimate of drug-likeness (QED) is 0.754. The van der Waals surface area contributed by atoms with Gasteiger partial charge in [-0.25, -0.2) is 0 Å². The molecule has 0 fully saturated rings. The Bertz CT molecular complexity index is 403. The predicted octanol–water partition coefficient (Wildman–Crippen LogP) is 1.31. The standard InChI is InChI=1S/C15H23NO4/c1-11(2)12-4-6-14(7-5-12)20-10-15(18)16-13(8-17)9-19-3/h4-7,11,13,17H,8-10H2,1-3H3,(H,16,18). The fourth-order valence-electron chi connectivity index (χ4n) is 1.71. The second kappa shape index (κ2) is 8.55. The average Bonchev–Trinajstić information content (AvgIpc) is 2.45. The highest BCUT2D eigenvalue weighted by atomic mass is 16.5. The molecule has 2 N–H and O–H groups in total. The third kappa shape index (κ3) is 5.59. The second-order valence-electron chi connectivity index (χ2n) is 4.91. The number of carbonyl (C=O) groups excluding carboxylic acids is 1. The smallest absolute Gasteiger partial charge is 0.258 e. The first kappa shape index (κ1) is 16.5. The van der Waals surface area contributed by atoms with Crippen LogP contribution in [0, 0.1) is 0 Å². The number of amides is 1. The summed E-state index contributed by atoms with van der Waals surface area (Å²) < 4.78 is 10.3. The van der Waals surface area contributed by atoms with Crippen LogP contribution in [0.3, 0.4) is 0 Å². The minimum absolute atomic E-state index is 0.0821. The van der Waals surface area contributed by atoms with Crippen LogP contribution in [0.4, 0.5) is 0 Å². The van der Waals surface area contributed by atoms with Crippen molar-refractivity contribution in [3.05, 3.63) is 29.8 Å². The molecule has 20 heavy (non-hydrogen) atoms. The van der Waals surface area contributed by atoms with E-state index in [-0.39, 0.29) is 25.7 Å². The largest absolute Gasteiger partial charge is 0.484 e. The molecule has 0 heterocycles. The van der Waals surface area contributed by atoms with Gasteiger partial charge in [-0.3, -0.25) is 4.79 Å². The summed E-state index contributed by atoms with van der Waals surface area (Å²) >= 11 is 0. The van der Waals surface area contributed by atoms with Gasteiger partial charge in [-0.2, -0.15) is 0 Å². The lowest BCUT2D eigenvalue weighted by molar-refractivity contribution is -0.124. The molecule has 1 amide bonds. The summed E-state index contributed by atoms with van der Waals surface area (Å²) in [6.45, 7) is 4.26. The first-order chi connectivity index (χ1) is 9.56. The first-order valence-electron chi connectivity index (χ1n) is 6.68. The lowest BCUT2D eigenvalue weighted by atomic mass is 10.0. The molecule has 0 spiro atoms. The Kier molecular flexibility index (Phi) is 7.04. The molecule has 1 unspecified atom stereocenters. The summed E-state index contributed by atoms with van der Waals surface area (Å²) in [6, 6.07) is 7.26. The van der Waals surface area contributed by atoms with E-state index in [9.17, 15) is 4.79 Å². The number of hydrogen-bond acceptors (Lipinski definition) is 4. The fourth-order valence-corrected chi connectivity index (χ4v) is 1.71. The van der Waals surface area contributed by atoms with Crippen molar-refractivity contribution in [2.45, 2.75) is 25.8 Å². The van der Waals surface area contributed by atoms with E-state index in [4.69, 9.17) is 14.6 Å². The molecule has 0 aliphatic carbocycles. The molecule has 0 saturated heterocycles. The van der Waals surface area contributed by atoms with Gasteiger partial charge in [0, 0.05) is 7.11 Å². The number of ether oxygens (including phenoxy) is 2. The van der Waals surface area contributed by atoms with Crippen molar-refractivity contribution in [2.24, 2.45) is 0 Å². The topological polar surface area (TPSA) is 67.8 Å². The van der Waals surface area contributed by atoms with Gasteiger partial charge in [0.2, 0.25) is 0 Å². The molecule has 5 nitrogen and oxygen atoms in total. The Morgan fingerprint density at radius 1 is 1.30 bits per heavy atom. The molecule has 0 aliphatic heterocycles. The van der Waals surface area contributed by atoms with Crippen LogP contribution in [0.5, 0.6) is 5.75 Å². The molecule has 0 aromatic heterocycles. The predicted molar refractivity (Wildman–Crippen MR) is 76.9 cm³/mol. The highest BCUT2D eigenvalue weighted by molar-refractivity contribution is 5.77. The highest BCUT2D eigenvalue weighted by Crippen LogP contribution is 2.18. The summed E-state index contributed by atoms with van der Waals surface area (Å²) in [4.78, 5) is 11.6. The van der Waals surface area contributed by atoms with Crippen molar-refractivity contribution in [2.75, 3.05) is 26.9 Å². The van der Waals surface area contributed by atoms with E-state index in [1.807, 2.05) is 24.3 Å². The molecule has 0 aliphatic rings. The fraction of sp³-hybridized carbons (Fsp3) is 0.533. The van der Waals surface area contributed by atoms with E-state index in [0.29, 0.717) is 11.7 Å². The van der Waals surface area contributed by atoms with E-state index in [2.05, 4.69) is 19.2 Å². The van der Waals surface area contributed by atoms with Gasteiger partial charge in [0.1, 0.15) is 5.75 Å². The zero-order chi connectivity index (χ0) is 15.0. The van der Waals surface area contributed by atoms with E-state index in [1.54, 1.807) is 0 Å². The van der Waals surface area contributed by atoms with Crippen LogP contribution in [-0.2, 0) is 9.53 Å². The molecular formula is C15H23NO4. The molecule has 1 aromatic rings. The van der Waals surface area contributed by atoms with Crippen molar-refractivity contribution in [1.82, 2.24) is 5.32 Å². The summed E-state index contributed by atoms with van der Waals surface area (Å²) in [6.07, 6.45) is 0. The molecule has 1 rings (SSSR count). The Labute approximate surface area is 119 Å². The summed E-state index contributed by atoms with van der Waals surface area (Å²) in [5.74, 6) is 0.831. The van der Waals surface area contributed by atoms with Crippen LogP contribution >= 0.6 is 0 Å². The van der Waals surface area contributed by atoms with Gasteiger partial charge in [0.15, 0.2) is 6.61 Å². The van der Waals surface area contributed by atoms with Crippen molar-refractivity contribution in [3.63, 3.8) is 0 Å². The summed E-state index contributed by atoms with van der Waals surface area (Å²) in [7, 11) is 1.52. The van der Waals surface area contributed by atoms with Crippen LogP contribution in [0.15, 0.2) is 24.3 Å². The Morgan fingerprint density at radius 3 is 2.45 bits per heavy atom. The van der Waals surface area contributed by atoms with Crippen molar-refractivity contribution in [1.29, 1.82) is 0 Å². The Morgan fingerprint density at radius 2 is 1.95 bits per heavy atom. The van der Waals surface area contributed by atoms with Crippen molar-refractivity contribution >= 4 is 5.91 Å². The van der Waals surface area contributed by atoms with Crippen LogP contribution in [-0.4, -0.2) is 44.0 Å². The number of aliphatic hydroxyl groups excluding tert-OH is 1. The van der Waals surface area contributed by atoms with E-state index in [0.717, 1.165) is 0 Å². The molecule has 1 atom stereocenters. The third-order valence-corrected chi connectivity index (χ3v) is 2.87. The number of benzene rings is 1. The lowest BCUT2D eigenvalue weighted by Crippen LogP contribution is -2.42. The SMILES string of the molecule is COCC(CO)NC(=O)COc1ccc(C(C)C)cc1. The highest BCUT2D eigenvalue weighted by Gasteiger charge is 2.11. The van der Waals surface area contributed by atoms with E-state index in [1.165, 1.54) is 12.7 Å². The normalized spacial score (nSPS) is 12.2. The van der Waals surface area contributed by atoms with Crippen molar-refractivity contribution in [3.8, 4) is 5.75 Å². The lowest BCUT2D eigenvalue weighted by Gasteiger charge is -2.15. The van der Waals surface area contributed by atoms with Gasteiger partial charge in [-0.05, 0) is 23.6 Å². The monoisotopic (exact) mass is 281 g/mol. The third-order valence-electron chi connectivity index (χ3n) is 2.87. The van der Waals surface area contributed by atoms with Gasteiger partial charge in [0.05, 0.1) is 19.3 Å². The van der Waals surface area contributed by atoms with Gasteiger partial charge in [-0.1, -0.05) is 26.0 Å². The molecule has 0 saturated carbocycles. The summed E-state index contributed by atoms with van der Waals surface area (Å²) in [5.41, 5.74) is 1.22. The zero-order valence-electron chi connectivity index (χ0n) is 12.3. The van der Waals surface area contributed by atoms with E-state index >= 15 is 0 Å². The number of aliphatic hydroxyl groups is 1. The zero-order valence-corrected chi connectivity index (χ0v) is 12.3. The number of hydrogen-bond donors (Lipinski definition) is 2. The van der Waals surface area contributed by atoms with Crippen LogP contribution < -0.4 is 10.1 Å². The summed E-state index contributed by atoms with van der Waals surface area (Å²) in [5, 5.41) is 11.7. The number of nitrogens with one attached hydrogen (secondary N) is 1. The van der Waals surface area contributed by atoms with Gasteiger partial charge in [-0.15, -0.1) is 0 Å². The molecule has 5 heteroatoms. The number of rotatable bonds is 8. The number of methoxy groups -OCH3 is 1. The van der Waals surface area contributed by atoms with Crippen LogP contribution in [0.25, 0.3) is 0 Å². The average molecular weight is 281 g/mol. The molecule has 0 radical (unpaired) electrons. The minimum atomic E-state index is -0.403. The molecule has 112 valence electrons. The van der Waals surface area contributed by atoms with Crippen molar-refractivity contribution < 1.29 is 19.4 Å². The van der Waals surface area contributed by atoms with Crippen LogP contribution in [0.1, 0.15) is 25.3 Å². The Balaban J connectivity index is 2.40. The second-order valence-corrected chi connectivity index (χ2v) is 4.91. The van der Waals surface area contributed by atoms with E-state index < -0.39 is 6.04 Å². The molecule has 0 bridgehead atoms. The van der Waals surface area contributed by atoms with Gasteiger partial charge in [0.25, 0.3) is 5.91 Å². The minimum Gasteiger partial charge on any atom is -0.484 e. The number of carbonyl (C=O) groups is 1.